The first-order valence-corrected chi connectivity index (χ1v) is 10.3. The Kier molecular flexibility index (Phi) is 6.70. The lowest BCUT2D eigenvalue weighted by molar-refractivity contribution is -0.140. The molecular weight excluding hydrogens is 428 g/mol. The van der Waals surface area contributed by atoms with Crippen LogP contribution in [0.5, 0.6) is 0 Å². The number of carbonyl (C=O) groups is 1. The van der Waals surface area contributed by atoms with E-state index in [2.05, 4.69) is 15.5 Å². The average Bonchev–Trinajstić information content (AvgIpc) is 2.61. The Bertz CT molecular complexity index is 1020. The summed E-state index contributed by atoms with van der Waals surface area (Å²) in [6, 6.07) is 1.52. The van der Waals surface area contributed by atoms with Crippen molar-refractivity contribution >= 4 is 21.7 Å². The quantitative estimate of drug-likeness (QED) is 0.661. The van der Waals surface area contributed by atoms with Crippen molar-refractivity contribution in [2.24, 2.45) is 0 Å². The monoisotopic (exact) mass is 448 g/mol. The maximum absolute atomic E-state index is 14.0. The maximum atomic E-state index is 14.0. The second-order valence-corrected chi connectivity index (χ2v) is 8.67. The molecule has 0 saturated heterocycles. The van der Waals surface area contributed by atoms with Crippen molar-refractivity contribution < 1.29 is 30.8 Å². The highest BCUT2D eigenvalue weighted by Gasteiger charge is 2.39. The van der Waals surface area contributed by atoms with Crippen molar-refractivity contribution in [3.63, 3.8) is 0 Å². The molecule has 0 saturated carbocycles. The van der Waals surface area contributed by atoms with Crippen LogP contribution in [0.4, 0.5) is 28.0 Å². The first-order valence-electron chi connectivity index (χ1n) is 8.80. The predicted octanol–water partition coefficient (Wildman–Crippen LogP) is 4.39. The van der Waals surface area contributed by atoms with E-state index < -0.39 is 38.6 Å². The molecule has 2 aromatic rings. The Labute approximate surface area is 170 Å². The Morgan fingerprint density at radius 2 is 1.60 bits per heavy atom. The number of rotatable bonds is 5. The Hall–Kier alpha value is -2.76. The van der Waals surface area contributed by atoms with Crippen LogP contribution >= 0.6 is 0 Å². The Morgan fingerprint density at radius 3 is 2.07 bits per heavy atom. The third-order valence-electron chi connectivity index (χ3n) is 4.12. The fourth-order valence-electron chi connectivity index (χ4n) is 2.75. The first-order chi connectivity index (χ1) is 13.7. The minimum atomic E-state index is -5.02. The molecule has 0 atom stereocenters. The average molecular weight is 448 g/mol. The van der Waals surface area contributed by atoms with Gasteiger partial charge in [-0.15, -0.1) is 5.10 Å². The summed E-state index contributed by atoms with van der Waals surface area (Å²) >= 11 is 0. The summed E-state index contributed by atoms with van der Waals surface area (Å²) in [7, 11) is -5.00. The number of aromatic nitrogens is 2. The van der Waals surface area contributed by atoms with E-state index in [9.17, 15) is 30.8 Å². The van der Waals surface area contributed by atoms with Gasteiger partial charge in [0.05, 0.1) is 11.8 Å². The number of benzene rings is 1. The van der Waals surface area contributed by atoms with Crippen LogP contribution in [-0.4, -0.2) is 24.6 Å². The van der Waals surface area contributed by atoms with Gasteiger partial charge in [-0.2, -0.15) is 26.7 Å². The van der Waals surface area contributed by atoms with Crippen LogP contribution in [0.1, 0.15) is 56.2 Å². The molecule has 0 fully saturated rings. The molecule has 12 heteroatoms. The van der Waals surface area contributed by atoms with Gasteiger partial charge in [0.25, 0.3) is 10.0 Å². The fraction of sp³-hybridized carbons (Fsp3) is 0.389. The molecule has 0 bridgehead atoms. The highest BCUT2D eigenvalue weighted by atomic mass is 32.2. The smallest absolute Gasteiger partial charge is 0.307 e. The Morgan fingerprint density at radius 1 is 1.07 bits per heavy atom. The highest BCUT2D eigenvalue weighted by Crippen LogP contribution is 2.34. The lowest BCUT2D eigenvalue weighted by atomic mass is 9.92. The van der Waals surface area contributed by atoms with E-state index in [0.717, 1.165) is 0 Å². The number of nitrogens with zero attached hydrogens (tertiary/aromatic N) is 2. The molecule has 2 amide bonds. The van der Waals surface area contributed by atoms with E-state index in [0.29, 0.717) is 23.4 Å². The second-order valence-electron chi connectivity index (χ2n) is 7.08. The van der Waals surface area contributed by atoms with Crippen LogP contribution in [0.25, 0.3) is 0 Å². The molecule has 0 unspecified atom stereocenters. The topological polar surface area (TPSA) is 101 Å². The number of alkyl halides is 3. The van der Waals surface area contributed by atoms with Crippen LogP contribution < -0.4 is 10.0 Å². The number of amides is 2. The van der Waals surface area contributed by atoms with Gasteiger partial charge in [-0.25, -0.2) is 13.9 Å². The van der Waals surface area contributed by atoms with Gasteiger partial charge in [-0.3, -0.25) is 0 Å². The molecule has 0 spiro atoms. The molecule has 30 heavy (non-hydrogen) atoms. The molecular formula is C18H20F4N4O3S. The lowest BCUT2D eigenvalue weighted by Crippen LogP contribution is -2.36. The summed E-state index contributed by atoms with van der Waals surface area (Å²) in [5.74, 6) is -1.00. The third-order valence-corrected chi connectivity index (χ3v) is 5.39. The van der Waals surface area contributed by atoms with E-state index >= 15 is 0 Å². The van der Waals surface area contributed by atoms with Crippen LogP contribution in [-0.2, 0) is 16.2 Å². The molecule has 1 aromatic heterocycles. The highest BCUT2D eigenvalue weighted by molar-refractivity contribution is 7.90. The van der Waals surface area contributed by atoms with Gasteiger partial charge in [0.15, 0.2) is 0 Å². The van der Waals surface area contributed by atoms with Crippen LogP contribution in [0, 0.1) is 5.82 Å². The number of hydrogen-bond donors (Lipinski definition) is 2. The molecule has 0 radical (unpaired) electrons. The number of sulfonamides is 1. The molecule has 1 aromatic carbocycles. The standard InChI is InChI=1S/C18H20F4N4O3S/c1-9(2)12-7-11(19)8-13(10(3)4)15(12)24-17(27)26-30(28,29)16-14(18(20,21)22)5-6-23-25-16/h5-10H,1-4H3,(H2,24,26,27). The van der Waals surface area contributed by atoms with Gasteiger partial charge in [-0.1, -0.05) is 27.7 Å². The number of halogens is 4. The van der Waals surface area contributed by atoms with E-state index in [1.54, 1.807) is 27.7 Å². The Balaban J connectivity index is 2.42. The fourth-order valence-corrected chi connectivity index (χ4v) is 3.77. The van der Waals surface area contributed by atoms with Crippen molar-refractivity contribution in [2.45, 2.75) is 50.7 Å². The molecule has 0 aliphatic carbocycles. The number of anilines is 1. The zero-order valence-corrected chi connectivity index (χ0v) is 17.3. The molecule has 1 heterocycles. The summed E-state index contributed by atoms with van der Waals surface area (Å²) in [5.41, 5.74) is -0.571. The van der Waals surface area contributed by atoms with Crippen molar-refractivity contribution in [3.8, 4) is 0 Å². The van der Waals surface area contributed by atoms with E-state index in [1.807, 2.05) is 0 Å². The first kappa shape index (κ1) is 23.5. The molecule has 0 aliphatic rings. The summed E-state index contributed by atoms with van der Waals surface area (Å²) in [6.45, 7) is 6.98. The minimum absolute atomic E-state index is 0.185. The largest absolute Gasteiger partial charge is 0.419 e. The van der Waals surface area contributed by atoms with Gasteiger partial charge in [0.1, 0.15) is 5.82 Å². The van der Waals surface area contributed by atoms with Crippen molar-refractivity contribution in [1.82, 2.24) is 14.9 Å². The zero-order valence-electron chi connectivity index (χ0n) is 16.5. The number of carbonyl (C=O) groups excluding carboxylic acids is 1. The van der Waals surface area contributed by atoms with Gasteiger partial charge in [0.2, 0.25) is 5.03 Å². The number of urea groups is 1. The summed E-state index contributed by atoms with van der Waals surface area (Å²) in [5, 5.41) is 7.09. The summed E-state index contributed by atoms with van der Waals surface area (Å²) < 4.78 is 79.5. The zero-order chi connectivity index (χ0) is 22.9. The van der Waals surface area contributed by atoms with Crippen LogP contribution in [0.3, 0.4) is 0 Å². The lowest BCUT2D eigenvalue weighted by Gasteiger charge is -2.21. The predicted molar refractivity (Wildman–Crippen MR) is 101 cm³/mol. The van der Waals surface area contributed by atoms with Gasteiger partial charge < -0.3 is 5.32 Å². The van der Waals surface area contributed by atoms with Gasteiger partial charge >= 0.3 is 12.2 Å². The SMILES string of the molecule is CC(C)c1cc(F)cc(C(C)C)c1NC(=O)NS(=O)(=O)c1nnccc1C(F)(F)F. The van der Waals surface area contributed by atoms with Crippen LogP contribution in [0.15, 0.2) is 29.4 Å². The van der Waals surface area contributed by atoms with E-state index in [1.165, 1.54) is 16.9 Å². The van der Waals surface area contributed by atoms with Gasteiger partial charge in [-0.05, 0) is 41.2 Å². The van der Waals surface area contributed by atoms with Crippen molar-refractivity contribution in [1.29, 1.82) is 0 Å². The van der Waals surface area contributed by atoms with Gasteiger partial charge in [0, 0.05) is 5.69 Å². The minimum Gasteiger partial charge on any atom is -0.307 e. The number of nitrogens with one attached hydrogen (secondary N) is 2. The number of hydrogen-bond acceptors (Lipinski definition) is 5. The van der Waals surface area contributed by atoms with Crippen molar-refractivity contribution in [3.05, 3.63) is 46.9 Å². The van der Waals surface area contributed by atoms with E-state index in [-0.39, 0.29) is 17.5 Å². The molecule has 7 nitrogen and oxygen atoms in total. The molecule has 2 N–H and O–H groups in total. The molecule has 0 aliphatic heterocycles. The van der Waals surface area contributed by atoms with Crippen LogP contribution in [0.2, 0.25) is 0 Å². The summed E-state index contributed by atoms with van der Waals surface area (Å²) in [6.07, 6.45) is -4.34. The second kappa shape index (κ2) is 8.54. The normalized spacial score (nSPS) is 12.3. The maximum Gasteiger partial charge on any atom is 0.419 e. The molecule has 2 rings (SSSR count). The third kappa shape index (κ3) is 5.23. The van der Waals surface area contributed by atoms with E-state index in [4.69, 9.17) is 0 Å². The molecule has 164 valence electrons. The van der Waals surface area contributed by atoms with Crippen molar-refractivity contribution in [2.75, 3.05) is 5.32 Å². The summed E-state index contributed by atoms with van der Waals surface area (Å²) in [4.78, 5) is 12.4.